The average Bonchev–Trinajstić information content (AvgIpc) is 3.32. The fourth-order valence-electron chi connectivity index (χ4n) is 4.05. The number of nitrogens with one attached hydrogen (secondary N) is 1. The van der Waals surface area contributed by atoms with Gasteiger partial charge in [-0.25, -0.2) is 8.42 Å². The zero-order valence-corrected chi connectivity index (χ0v) is 21.1. The monoisotopic (exact) mass is 558 g/mol. The molecule has 0 radical (unpaired) electrons. The highest BCUT2D eigenvalue weighted by Crippen LogP contribution is 2.36. The summed E-state index contributed by atoms with van der Waals surface area (Å²) in [6, 6.07) is 14.1. The van der Waals surface area contributed by atoms with Crippen LogP contribution in [0, 0.1) is 0 Å². The summed E-state index contributed by atoms with van der Waals surface area (Å²) in [7, 11) is -3.92. The lowest BCUT2D eigenvalue weighted by Crippen LogP contribution is -2.45. The standard InChI is InChI=1S/C24H22ClF3N2O4S2/c25-18-6-4-15(5-7-18)23(32)29-13-19-8-9-22(35-19)36(33,34)30-11-10-20(21(31)14-30)16-2-1-3-17(12-16)24(26,27)28/h1-9,12,20-21,31H,10-11,13-14H2,(H,29,32). The molecule has 2 N–H and O–H groups in total. The molecule has 1 amide bonds. The van der Waals surface area contributed by atoms with Gasteiger partial charge in [-0.15, -0.1) is 11.3 Å². The van der Waals surface area contributed by atoms with E-state index in [1.165, 1.54) is 18.2 Å². The number of thiophene rings is 1. The number of halogens is 4. The van der Waals surface area contributed by atoms with E-state index in [1.807, 2.05) is 0 Å². The van der Waals surface area contributed by atoms with E-state index < -0.39 is 33.8 Å². The third kappa shape index (κ3) is 5.92. The number of aliphatic hydroxyl groups is 1. The Morgan fingerprint density at radius 2 is 1.86 bits per heavy atom. The first kappa shape index (κ1) is 26.6. The summed E-state index contributed by atoms with van der Waals surface area (Å²) in [5.74, 6) is -0.940. The van der Waals surface area contributed by atoms with E-state index in [2.05, 4.69) is 5.32 Å². The topological polar surface area (TPSA) is 86.7 Å². The molecule has 4 rings (SSSR count). The lowest BCUT2D eigenvalue weighted by Gasteiger charge is -2.35. The molecular weight excluding hydrogens is 537 g/mol. The zero-order valence-electron chi connectivity index (χ0n) is 18.7. The Bertz CT molecular complexity index is 1340. The van der Waals surface area contributed by atoms with Crippen LogP contribution in [0.2, 0.25) is 5.02 Å². The van der Waals surface area contributed by atoms with Crippen molar-refractivity contribution in [3.63, 3.8) is 0 Å². The molecule has 1 aliphatic heterocycles. The molecule has 0 bridgehead atoms. The molecule has 1 aromatic heterocycles. The maximum atomic E-state index is 13.1. The molecule has 12 heteroatoms. The van der Waals surface area contributed by atoms with Crippen molar-refractivity contribution >= 4 is 38.9 Å². The van der Waals surface area contributed by atoms with Crippen molar-refractivity contribution in [3.05, 3.63) is 87.3 Å². The SMILES string of the molecule is O=C(NCc1ccc(S(=O)(=O)N2CCC(c3cccc(C(F)(F)F)c3)C(O)C2)s1)c1ccc(Cl)cc1. The van der Waals surface area contributed by atoms with E-state index in [0.29, 0.717) is 21.0 Å². The van der Waals surface area contributed by atoms with E-state index in [9.17, 15) is 31.5 Å². The second kappa shape index (κ2) is 10.5. The summed E-state index contributed by atoms with van der Waals surface area (Å²) < 4.78 is 66.7. The van der Waals surface area contributed by atoms with E-state index in [-0.39, 0.29) is 36.2 Å². The molecule has 192 valence electrons. The molecule has 0 aliphatic carbocycles. The fraction of sp³-hybridized carbons (Fsp3) is 0.292. The van der Waals surface area contributed by atoms with Crippen LogP contribution >= 0.6 is 22.9 Å². The van der Waals surface area contributed by atoms with Crippen molar-refractivity contribution in [2.75, 3.05) is 13.1 Å². The van der Waals surface area contributed by atoms with Crippen LogP contribution in [-0.4, -0.2) is 42.9 Å². The zero-order chi connectivity index (χ0) is 26.1. The minimum absolute atomic E-state index is 0.0564. The first-order valence-electron chi connectivity index (χ1n) is 10.9. The number of carbonyl (C=O) groups is 1. The van der Waals surface area contributed by atoms with Gasteiger partial charge in [0.05, 0.1) is 18.2 Å². The summed E-state index contributed by atoms with van der Waals surface area (Å²) >= 11 is 6.83. The molecule has 1 saturated heterocycles. The molecule has 2 aromatic carbocycles. The van der Waals surface area contributed by atoms with Gasteiger partial charge in [0.15, 0.2) is 0 Å². The van der Waals surface area contributed by atoms with Crippen molar-refractivity contribution in [3.8, 4) is 0 Å². The number of carbonyl (C=O) groups excluding carboxylic acids is 1. The molecule has 0 spiro atoms. The Hall–Kier alpha value is -2.44. The first-order chi connectivity index (χ1) is 16.9. The third-order valence-electron chi connectivity index (χ3n) is 5.95. The van der Waals surface area contributed by atoms with Gasteiger partial charge in [-0.05, 0) is 54.4 Å². The van der Waals surface area contributed by atoms with Crippen LogP contribution in [0.25, 0.3) is 0 Å². The van der Waals surface area contributed by atoms with Crippen LogP contribution in [-0.2, 0) is 22.7 Å². The highest BCUT2D eigenvalue weighted by molar-refractivity contribution is 7.91. The largest absolute Gasteiger partial charge is 0.416 e. The van der Waals surface area contributed by atoms with Crippen molar-refractivity contribution < 1.29 is 31.5 Å². The summed E-state index contributed by atoms with van der Waals surface area (Å²) in [5.41, 5.74) is -0.0674. The number of hydrogen-bond donors (Lipinski definition) is 2. The number of piperidine rings is 1. The average molecular weight is 559 g/mol. The predicted octanol–water partition coefficient (Wildman–Crippen LogP) is 4.89. The van der Waals surface area contributed by atoms with E-state index in [0.717, 1.165) is 27.8 Å². The first-order valence-corrected chi connectivity index (χ1v) is 13.6. The number of nitrogens with zero attached hydrogens (tertiary/aromatic N) is 1. The predicted molar refractivity (Wildman–Crippen MR) is 131 cm³/mol. The van der Waals surface area contributed by atoms with Crippen LogP contribution < -0.4 is 5.32 Å². The Balaban J connectivity index is 1.40. The second-order valence-corrected chi connectivity index (χ2v) is 12.1. The molecule has 1 aliphatic rings. The van der Waals surface area contributed by atoms with Crippen LogP contribution in [0.5, 0.6) is 0 Å². The minimum atomic E-state index is -4.50. The second-order valence-electron chi connectivity index (χ2n) is 8.36. The molecule has 6 nitrogen and oxygen atoms in total. The summed E-state index contributed by atoms with van der Waals surface area (Å²) in [4.78, 5) is 12.9. The fourth-order valence-corrected chi connectivity index (χ4v) is 7.09. The van der Waals surface area contributed by atoms with Crippen molar-refractivity contribution in [2.45, 2.75) is 35.4 Å². The quantitative estimate of drug-likeness (QED) is 0.451. The smallest absolute Gasteiger partial charge is 0.391 e. The Morgan fingerprint density at radius 3 is 2.53 bits per heavy atom. The maximum absolute atomic E-state index is 13.1. The van der Waals surface area contributed by atoms with Gasteiger partial charge in [0.1, 0.15) is 4.21 Å². The van der Waals surface area contributed by atoms with Crippen LogP contribution in [0.3, 0.4) is 0 Å². The van der Waals surface area contributed by atoms with Gasteiger partial charge in [0.2, 0.25) is 0 Å². The number of hydrogen-bond acceptors (Lipinski definition) is 5. The van der Waals surface area contributed by atoms with E-state index in [4.69, 9.17) is 11.6 Å². The molecule has 0 saturated carbocycles. The van der Waals surface area contributed by atoms with Gasteiger partial charge < -0.3 is 10.4 Å². The van der Waals surface area contributed by atoms with Gasteiger partial charge >= 0.3 is 6.18 Å². The Labute approximate surface area is 215 Å². The lowest BCUT2D eigenvalue weighted by atomic mass is 9.87. The van der Waals surface area contributed by atoms with Crippen LogP contribution in [0.1, 0.15) is 38.7 Å². The summed E-state index contributed by atoms with van der Waals surface area (Å²) in [6.07, 6.45) is -5.48. The number of sulfonamides is 1. The van der Waals surface area contributed by atoms with E-state index >= 15 is 0 Å². The Kier molecular flexibility index (Phi) is 7.77. The van der Waals surface area contributed by atoms with Gasteiger partial charge in [-0.1, -0.05) is 29.8 Å². The maximum Gasteiger partial charge on any atom is 0.416 e. The third-order valence-corrected chi connectivity index (χ3v) is 9.62. The molecule has 2 heterocycles. The van der Waals surface area contributed by atoms with E-state index in [1.54, 1.807) is 30.3 Å². The Morgan fingerprint density at radius 1 is 1.14 bits per heavy atom. The number of β-amino-alcohol motifs (C(OH)–C–C–N with tert-alkyl or cyclic N) is 1. The molecule has 2 unspecified atom stereocenters. The van der Waals surface area contributed by atoms with Crippen molar-refractivity contribution in [2.24, 2.45) is 0 Å². The molecule has 3 aromatic rings. The van der Waals surface area contributed by atoms with Gasteiger partial charge in [-0.3, -0.25) is 4.79 Å². The molecular formula is C24H22ClF3N2O4S2. The number of aliphatic hydroxyl groups excluding tert-OH is 1. The number of amides is 1. The van der Waals surface area contributed by atoms with Crippen LogP contribution in [0.4, 0.5) is 13.2 Å². The summed E-state index contributed by atoms with van der Waals surface area (Å²) in [5, 5.41) is 13.9. The molecule has 36 heavy (non-hydrogen) atoms. The highest BCUT2D eigenvalue weighted by Gasteiger charge is 2.37. The highest BCUT2D eigenvalue weighted by atomic mass is 35.5. The number of alkyl halides is 3. The van der Waals surface area contributed by atoms with Gasteiger partial charge in [0.25, 0.3) is 15.9 Å². The van der Waals surface area contributed by atoms with Crippen molar-refractivity contribution in [1.29, 1.82) is 0 Å². The van der Waals surface area contributed by atoms with Gasteiger partial charge in [0, 0.05) is 34.5 Å². The van der Waals surface area contributed by atoms with Gasteiger partial charge in [-0.2, -0.15) is 17.5 Å². The normalized spacial score (nSPS) is 19.2. The van der Waals surface area contributed by atoms with Crippen LogP contribution in [0.15, 0.2) is 64.9 Å². The minimum Gasteiger partial charge on any atom is -0.391 e. The molecule has 1 fully saturated rings. The number of benzene rings is 2. The lowest BCUT2D eigenvalue weighted by molar-refractivity contribution is -0.137. The molecule has 2 atom stereocenters. The summed E-state index contributed by atoms with van der Waals surface area (Å²) in [6.45, 7) is -0.0491. The van der Waals surface area contributed by atoms with Crippen molar-refractivity contribution in [1.82, 2.24) is 9.62 Å². The number of rotatable bonds is 6.